The summed E-state index contributed by atoms with van der Waals surface area (Å²) in [5.74, 6) is -0.125. The van der Waals surface area contributed by atoms with Crippen molar-refractivity contribution in [3.05, 3.63) is 53.0 Å². The van der Waals surface area contributed by atoms with Crippen molar-refractivity contribution in [3.8, 4) is 0 Å². The number of thiophene rings is 1. The van der Waals surface area contributed by atoms with E-state index >= 15 is 0 Å². The highest BCUT2D eigenvalue weighted by molar-refractivity contribution is 9.11. The number of ketones is 1. The van der Waals surface area contributed by atoms with Crippen LogP contribution in [-0.4, -0.2) is 5.78 Å². The molecule has 17 heavy (non-hydrogen) atoms. The van der Waals surface area contributed by atoms with E-state index in [4.69, 9.17) is 23.2 Å². The summed E-state index contributed by atoms with van der Waals surface area (Å²) in [5, 5.41) is 0.955. The predicted molar refractivity (Wildman–Crippen MR) is 79.6 cm³/mol. The van der Waals surface area contributed by atoms with Crippen LogP contribution < -0.4 is 0 Å². The highest BCUT2D eigenvalue weighted by Gasteiger charge is 2.16. The first-order chi connectivity index (χ1) is 7.99. The maximum absolute atomic E-state index is 12.2. The van der Waals surface area contributed by atoms with Crippen molar-refractivity contribution in [1.82, 2.24) is 0 Å². The third-order valence-corrected chi connectivity index (χ3v) is 5.32. The molecule has 0 N–H and O–H groups in total. The van der Waals surface area contributed by atoms with E-state index in [9.17, 15) is 4.79 Å². The van der Waals surface area contributed by atoms with Crippen LogP contribution >= 0.6 is 66.4 Å². The summed E-state index contributed by atoms with van der Waals surface area (Å²) in [4.78, 5) is 12.7. The number of carbonyl (C=O) groups is 1. The first kappa shape index (κ1) is 13.6. The van der Waals surface area contributed by atoms with Crippen LogP contribution in [0.15, 0.2) is 32.5 Å². The van der Waals surface area contributed by atoms with E-state index in [1.807, 2.05) is 0 Å². The third-order valence-electron chi connectivity index (χ3n) is 2.04. The van der Waals surface area contributed by atoms with Gasteiger partial charge in [-0.25, -0.2) is 0 Å². The molecule has 0 spiro atoms. The summed E-state index contributed by atoms with van der Waals surface area (Å²) >= 11 is 19.8. The van der Waals surface area contributed by atoms with Crippen LogP contribution in [0.2, 0.25) is 10.0 Å². The molecule has 6 heteroatoms. The Hall–Kier alpha value is 0.130. The van der Waals surface area contributed by atoms with Gasteiger partial charge in [-0.3, -0.25) is 4.79 Å². The number of halogens is 4. The van der Waals surface area contributed by atoms with E-state index in [1.54, 1.807) is 24.3 Å². The van der Waals surface area contributed by atoms with Gasteiger partial charge in [0.2, 0.25) is 5.78 Å². The van der Waals surface area contributed by atoms with Gasteiger partial charge in [-0.15, -0.1) is 11.3 Å². The second kappa shape index (κ2) is 5.41. The topological polar surface area (TPSA) is 17.1 Å². The molecule has 1 aromatic heterocycles. The summed E-state index contributed by atoms with van der Waals surface area (Å²) in [5.41, 5.74) is 0.472. The van der Waals surface area contributed by atoms with Gasteiger partial charge in [0.15, 0.2) is 0 Å². The second-order valence-electron chi connectivity index (χ2n) is 3.19. The van der Waals surface area contributed by atoms with Gasteiger partial charge in [0.05, 0.1) is 18.7 Å². The average molecular weight is 415 g/mol. The van der Waals surface area contributed by atoms with Crippen LogP contribution in [0.4, 0.5) is 0 Å². The van der Waals surface area contributed by atoms with Crippen LogP contribution in [0.5, 0.6) is 0 Å². The molecule has 0 bridgehead atoms. The monoisotopic (exact) mass is 412 g/mol. The summed E-state index contributed by atoms with van der Waals surface area (Å²) < 4.78 is 1.58. The smallest absolute Gasteiger partial charge is 0.204 e. The number of hydrogen-bond acceptors (Lipinski definition) is 2. The number of benzene rings is 1. The molecule has 1 aromatic carbocycles. The van der Waals surface area contributed by atoms with E-state index in [0.29, 0.717) is 20.5 Å². The van der Waals surface area contributed by atoms with Gasteiger partial charge in [-0.05, 0) is 40.2 Å². The largest absolute Gasteiger partial charge is 0.288 e. The molecule has 2 aromatic rings. The fourth-order valence-corrected chi connectivity index (χ4v) is 3.68. The van der Waals surface area contributed by atoms with Gasteiger partial charge in [0.1, 0.15) is 0 Å². The van der Waals surface area contributed by atoms with Gasteiger partial charge in [-0.1, -0.05) is 39.1 Å². The molecule has 0 amide bonds. The normalized spacial score (nSPS) is 10.6. The predicted octanol–water partition coefficient (Wildman–Crippen LogP) is 5.81. The molecule has 0 saturated heterocycles. The van der Waals surface area contributed by atoms with Gasteiger partial charge < -0.3 is 0 Å². The minimum Gasteiger partial charge on any atom is -0.288 e. The molecule has 2 rings (SSSR count). The Morgan fingerprint density at radius 1 is 1.12 bits per heavy atom. The summed E-state index contributed by atoms with van der Waals surface area (Å²) in [7, 11) is 0. The molecule has 0 aliphatic heterocycles. The minimum atomic E-state index is -0.125. The Kier molecular flexibility index (Phi) is 4.31. The van der Waals surface area contributed by atoms with Crippen molar-refractivity contribution in [2.75, 3.05) is 0 Å². The van der Waals surface area contributed by atoms with Gasteiger partial charge in [0, 0.05) is 10.0 Å². The minimum absolute atomic E-state index is 0.125. The third kappa shape index (κ3) is 2.93. The SMILES string of the molecule is O=C(c1cc(Cl)c(Br)s1)c1ccc(Br)cc1Cl. The molecular weight excluding hydrogens is 411 g/mol. The Labute approximate surface area is 129 Å². The Morgan fingerprint density at radius 2 is 1.82 bits per heavy atom. The fraction of sp³-hybridized carbons (Fsp3) is 0. The van der Waals surface area contributed by atoms with Crippen LogP contribution in [0, 0.1) is 0 Å². The zero-order valence-corrected chi connectivity index (χ0v) is 13.6. The lowest BCUT2D eigenvalue weighted by molar-refractivity contribution is 0.104. The van der Waals surface area contributed by atoms with Crippen molar-refractivity contribution >= 4 is 72.2 Å². The Bertz CT molecular complexity index is 576. The van der Waals surface area contributed by atoms with Gasteiger partial charge in [0.25, 0.3) is 0 Å². The number of rotatable bonds is 2. The van der Waals surface area contributed by atoms with E-state index in [-0.39, 0.29) is 5.78 Å². The van der Waals surface area contributed by atoms with Gasteiger partial charge >= 0.3 is 0 Å². The van der Waals surface area contributed by atoms with Crippen LogP contribution in [0.1, 0.15) is 15.2 Å². The van der Waals surface area contributed by atoms with E-state index in [2.05, 4.69) is 31.9 Å². The van der Waals surface area contributed by atoms with Gasteiger partial charge in [-0.2, -0.15) is 0 Å². The molecule has 0 fully saturated rings. The molecule has 0 aliphatic carbocycles. The molecule has 0 aliphatic rings. The van der Waals surface area contributed by atoms with Crippen LogP contribution in [0.3, 0.4) is 0 Å². The summed E-state index contributed by atoms with van der Waals surface area (Å²) in [6.07, 6.45) is 0. The average Bonchev–Trinajstić information content (AvgIpc) is 2.58. The summed E-state index contributed by atoms with van der Waals surface area (Å²) in [6, 6.07) is 6.80. The highest BCUT2D eigenvalue weighted by Crippen LogP contribution is 2.34. The van der Waals surface area contributed by atoms with E-state index < -0.39 is 0 Å². The van der Waals surface area contributed by atoms with Crippen molar-refractivity contribution < 1.29 is 4.79 Å². The van der Waals surface area contributed by atoms with Crippen LogP contribution in [-0.2, 0) is 0 Å². The number of carbonyl (C=O) groups excluding carboxylic acids is 1. The standard InChI is InChI=1S/C11H4Br2Cl2OS/c12-5-1-2-6(7(14)3-5)10(16)9-4-8(15)11(13)17-9/h1-4H. The molecule has 0 radical (unpaired) electrons. The first-order valence-corrected chi connectivity index (χ1v) is 7.59. The highest BCUT2D eigenvalue weighted by atomic mass is 79.9. The van der Waals surface area contributed by atoms with Crippen LogP contribution in [0.25, 0.3) is 0 Å². The lowest BCUT2D eigenvalue weighted by Crippen LogP contribution is -1.99. The molecule has 0 atom stereocenters. The zero-order valence-electron chi connectivity index (χ0n) is 8.14. The maximum atomic E-state index is 12.2. The number of hydrogen-bond donors (Lipinski definition) is 0. The van der Waals surface area contributed by atoms with Crippen molar-refractivity contribution in [3.63, 3.8) is 0 Å². The lowest BCUT2D eigenvalue weighted by Gasteiger charge is -2.01. The lowest BCUT2D eigenvalue weighted by atomic mass is 10.1. The Balaban J connectivity index is 2.43. The summed E-state index contributed by atoms with van der Waals surface area (Å²) in [6.45, 7) is 0. The van der Waals surface area contributed by atoms with Crippen molar-refractivity contribution in [2.24, 2.45) is 0 Å². The molecule has 0 saturated carbocycles. The maximum Gasteiger partial charge on any atom is 0.204 e. The molecular formula is C11H4Br2Cl2OS. The zero-order chi connectivity index (χ0) is 12.6. The van der Waals surface area contributed by atoms with E-state index in [1.165, 1.54) is 11.3 Å². The van der Waals surface area contributed by atoms with E-state index in [0.717, 1.165) is 8.26 Å². The Morgan fingerprint density at radius 3 is 2.35 bits per heavy atom. The van der Waals surface area contributed by atoms with Crippen molar-refractivity contribution in [2.45, 2.75) is 0 Å². The van der Waals surface area contributed by atoms with Crippen molar-refractivity contribution in [1.29, 1.82) is 0 Å². The molecule has 88 valence electrons. The molecule has 1 heterocycles. The first-order valence-electron chi connectivity index (χ1n) is 4.43. The fourth-order valence-electron chi connectivity index (χ4n) is 1.26. The molecule has 1 nitrogen and oxygen atoms in total. The molecule has 0 unspecified atom stereocenters. The second-order valence-corrected chi connectivity index (χ2v) is 7.29. The quantitative estimate of drug-likeness (QED) is 0.566.